The van der Waals surface area contributed by atoms with Crippen molar-refractivity contribution in [3.8, 4) is 11.5 Å². The summed E-state index contributed by atoms with van der Waals surface area (Å²) in [5.41, 5.74) is 1.26. The van der Waals surface area contributed by atoms with Crippen LogP contribution >= 0.6 is 11.3 Å². The van der Waals surface area contributed by atoms with Gasteiger partial charge in [-0.25, -0.2) is 4.79 Å². The van der Waals surface area contributed by atoms with Crippen LogP contribution in [0.2, 0.25) is 0 Å². The van der Waals surface area contributed by atoms with Crippen molar-refractivity contribution in [2.75, 3.05) is 20.2 Å². The van der Waals surface area contributed by atoms with Gasteiger partial charge in [0.25, 0.3) is 0 Å². The molecule has 0 saturated carbocycles. The fourth-order valence-corrected chi connectivity index (χ4v) is 3.37. The van der Waals surface area contributed by atoms with Crippen LogP contribution in [0.3, 0.4) is 0 Å². The molecule has 2 aromatic rings. The van der Waals surface area contributed by atoms with Crippen LogP contribution in [0.4, 0.5) is 4.79 Å². The highest BCUT2D eigenvalue weighted by atomic mass is 32.1. The summed E-state index contributed by atoms with van der Waals surface area (Å²) in [7, 11) is 1.62. The van der Waals surface area contributed by atoms with E-state index in [1.165, 1.54) is 5.56 Å². The molecule has 2 amide bonds. The quantitative estimate of drug-likeness (QED) is 0.874. The van der Waals surface area contributed by atoms with Crippen LogP contribution in [-0.4, -0.2) is 43.3 Å². The summed E-state index contributed by atoms with van der Waals surface area (Å²) in [6.07, 6.45) is 0.865. The SMILES string of the molecule is COc1ccccc1OC1CN(C(=O)N[C@H](C)Cc2ccsc2)C1. The van der Waals surface area contributed by atoms with Crippen LogP contribution < -0.4 is 14.8 Å². The van der Waals surface area contributed by atoms with E-state index in [2.05, 4.69) is 22.1 Å². The number of methoxy groups -OCH3 is 1. The molecule has 1 saturated heterocycles. The summed E-state index contributed by atoms with van der Waals surface area (Å²) in [5, 5.41) is 7.21. The Morgan fingerprint density at radius 3 is 2.75 bits per heavy atom. The minimum absolute atomic E-state index is 0.0132. The van der Waals surface area contributed by atoms with Crippen LogP contribution in [0, 0.1) is 0 Å². The Kier molecular flexibility index (Phi) is 5.25. The summed E-state index contributed by atoms with van der Waals surface area (Å²) >= 11 is 1.68. The van der Waals surface area contributed by atoms with Crippen LogP contribution in [-0.2, 0) is 6.42 Å². The average Bonchev–Trinajstić information content (AvgIpc) is 3.03. The first-order valence-corrected chi connectivity index (χ1v) is 8.96. The predicted molar refractivity (Wildman–Crippen MR) is 95.0 cm³/mol. The Bertz CT molecular complexity index is 669. The van der Waals surface area contributed by atoms with Crippen LogP contribution in [0.15, 0.2) is 41.1 Å². The van der Waals surface area contributed by atoms with Crippen molar-refractivity contribution in [3.63, 3.8) is 0 Å². The molecule has 3 rings (SSSR count). The molecule has 0 bridgehead atoms. The van der Waals surface area contributed by atoms with Gasteiger partial charge in [0, 0.05) is 6.04 Å². The van der Waals surface area contributed by atoms with Gasteiger partial charge in [-0.2, -0.15) is 11.3 Å². The molecular formula is C18H22N2O3S. The number of nitrogens with zero attached hydrogens (tertiary/aromatic N) is 1. The van der Waals surface area contributed by atoms with E-state index >= 15 is 0 Å². The molecule has 1 aliphatic heterocycles. The maximum Gasteiger partial charge on any atom is 0.317 e. The largest absolute Gasteiger partial charge is 0.493 e. The van der Waals surface area contributed by atoms with Gasteiger partial charge >= 0.3 is 6.03 Å². The third kappa shape index (κ3) is 4.00. The minimum atomic E-state index is -0.0300. The smallest absolute Gasteiger partial charge is 0.317 e. The van der Waals surface area contributed by atoms with Gasteiger partial charge in [-0.15, -0.1) is 0 Å². The fraction of sp³-hybridized carbons (Fsp3) is 0.389. The van der Waals surface area contributed by atoms with Crippen molar-refractivity contribution < 1.29 is 14.3 Å². The Hall–Kier alpha value is -2.21. The van der Waals surface area contributed by atoms with Crippen molar-refractivity contribution >= 4 is 17.4 Å². The van der Waals surface area contributed by atoms with E-state index in [0.717, 1.165) is 12.2 Å². The Morgan fingerprint density at radius 1 is 1.33 bits per heavy atom. The second-order valence-electron chi connectivity index (χ2n) is 5.98. The number of rotatable bonds is 6. The molecule has 24 heavy (non-hydrogen) atoms. The minimum Gasteiger partial charge on any atom is -0.493 e. The van der Waals surface area contributed by atoms with Gasteiger partial charge in [0.2, 0.25) is 0 Å². The fourth-order valence-electron chi connectivity index (χ4n) is 2.69. The molecule has 6 heteroatoms. The number of para-hydroxylation sites is 2. The van der Waals surface area contributed by atoms with Gasteiger partial charge in [0.1, 0.15) is 6.10 Å². The summed E-state index contributed by atoms with van der Waals surface area (Å²) < 4.78 is 11.2. The zero-order valence-electron chi connectivity index (χ0n) is 13.9. The number of urea groups is 1. The van der Waals surface area contributed by atoms with E-state index < -0.39 is 0 Å². The molecule has 128 valence electrons. The van der Waals surface area contributed by atoms with E-state index in [4.69, 9.17) is 9.47 Å². The van der Waals surface area contributed by atoms with Gasteiger partial charge in [0.05, 0.1) is 20.2 Å². The Labute approximate surface area is 146 Å². The van der Waals surface area contributed by atoms with Crippen molar-refractivity contribution in [2.24, 2.45) is 0 Å². The molecule has 1 atom stereocenters. The Balaban J connectivity index is 1.43. The lowest BCUT2D eigenvalue weighted by Crippen LogP contribution is -2.60. The highest BCUT2D eigenvalue weighted by Crippen LogP contribution is 2.28. The van der Waals surface area contributed by atoms with Crippen LogP contribution in [0.25, 0.3) is 0 Å². The summed E-state index contributed by atoms with van der Waals surface area (Å²) in [6.45, 7) is 3.21. The number of amides is 2. The van der Waals surface area contributed by atoms with Gasteiger partial charge in [-0.3, -0.25) is 0 Å². The van der Waals surface area contributed by atoms with E-state index in [-0.39, 0.29) is 18.2 Å². The van der Waals surface area contributed by atoms with Gasteiger partial charge < -0.3 is 19.7 Å². The van der Waals surface area contributed by atoms with Gasteiger partial charge in [0.15, 0.2) is 11.5 Å². The summed E-state index contributed by atoms with van der Waals surface area (Å²) in [4.78, 5) is 14.0. The Morgan fingerprint density at radius 2 is 2.08 bits per heavy atom. The molecule has 0 radical (unpaired) electrons. The summed E-state index contributed by atoms with van der Waals surface area (Å²) in [6, 6.07) is 9.73. The molecule has 1 aromatic carbocycles. The number of ether oxygens (including phenoxy) is 2. The number of hydrogen-bond donors (Lipinski definition) is 1. The first-order valence-electron chi connectivity index (χ1n) is 8.02. The van der Waals surface area contributed by atoms with Gasteiger partial charge in [-0.05, 0) is 47.9 Å². The molecule has 0 unspecified atom stereocenters. The van der Waals surface area contributed by atoms with E-state index in [0.29, 0.717) is 18.8 Å². The molecule has 1 N–H and O–H groups in total. The number of hydrogen-bond acceptors (Lipinski definition) is 4. The molecule has 1 fully saturated rings. The number of carbonyl (C=O) groups excluding carboxylic acids is 1. The highest BCUT2D eigenvalue weighted by Gasteiger charge is 2.33. The first kappa shape index (κ1) is 16.6. The van der Waals surface area contributed by atoms with E-state index in [1.807, 2.05) is 31.2 Å². The zero-order valence-corrected chi connectivity index (χ0v) is 14.7. The van der Waals surface area contributed by atoms with Crippen molar-refractivity contribution in [2.45, 2.75) is 25.5 Å². The second kappa shape index (κ2) is 7.57. The number of likely N-dealkylation sites (tertiary alicyclic amines) is 1. The molecule has 5 nitrogen and oxygen atoms in total. The number of carbonyl (C=O) groups is 1. The number of thiophene rings is 1. The van der Waals surface area contributed by atoms with Crippen molar-refractivity contribution in [1.82, 2.24) is 10.2 Å². The third-order valence-electron chi connectivity index (χ3n) is 3.99. The number of benzene rings is 1. The van der Waals surface area contributed by atoms with Gasteiger partial charge in [-0.1, -0.05) is 12.1 Å². The molecule has 0 aliphatic carbocycles. The van der Waals surface area contributed by atoms with E-state index in [1.54, 1.807) is 23.3 Å². The van der Waals surface area contributed by atoms with Crippen molar-refractivity contribution in [1.29, 1.82) is 0 Å². The number of nitrogens with one attached hydrogen (secondary N) is 1. The molecular weight excluding hydrogens is 324 g/mol. The standard InChI is InChI=1S/C18H22N2O3S/c1-13(9-14-7-8-24-12-14)19-18(21)20-10-15(11-20)23-17-6-4-3-5-16(17)22-2/h3-8,12-13,15H,9-11H2,1-2H3,(H,19,21)/t13-/m1/s1. The lowest BCUT2D eigenvalue weighted by molar-refractivity contribution is 0.0419. The second-order valence-corrected chi connectivity index (χ2v) is 6.76. The highest BCUT2D eigenvalue weighted by molar-refractivity contribution is 7.07. The third-order valence-corrected chi connectivity index (χ3v) is 4.72. The van der Waals surface area contributed by atoms with E-state index in [9.17, 15) is 4.79 Å². The molecule has 1 aromatic heterocycles. The molecule has 0 spiro atoms. The molecule has 2 heterocycles. The van der Waals surface area contributed by atoms with Crippen LogP contribution in [0.5, 0.6) is 11.5 Å². The topological polar surface area (TPSA) is 50.8 Å². The lowest BCUT2D eigenvalue weighted by Gasteiger charge is -2.39. The first-order chi connectivity index (χ1) is 11.7. The maximum absolute atomic E-state index is 12.2. The maximum atomic E-state index is 12.2. The average molecular weight is 346 g/mol. The monoisotopic (exact) mass is 346 g/mol. The van der Waals surface area contributed by atoms with Crippen LogP contribution in [0.1, 0.15) is 12.5 Å². The normalized spacial score (nSPS) is 15.5. The lowest BCUT2D eigenvalue weighted by atomic mass is 10.1. The summed E-state index contributed by atoms with van der Waals surface area (Å²) in [5.74, 6) is 1.43. The zero-order chi connectivity index (χ0) is 16.9. The van der Waals surface area contributed by atoms with Crippen molar-refractivity contribution in [3.05, 3.63) is 46.7 Å². The predicted octanol–water partition coefficient (Wildman–Crippen LogP) is 3.16. The molecule has 1 aliphatic rings.